The largest absolute Gasteiger partial charge is 0.272 e. The zero-order valence-electron chi connectivity index (χ0n) is 17.6. The first-order chi connectivity index (χ1) is 15.4. The number of aryl methyl sites for hydroxylation is 2. The first kappa shape index (κ1) is 21.5. The number of imide groups is 1. The van der Waals surface area contributed by atoms with Crippen LogP contribution in [0.2, 0.25) is 0 Å². The van der Waals surface area contributed by atoms with Gasteiger partial charge in [0.25, 0.3) is 17.5 Å². The molecule has 0 N–H and O–H groups in total. The van der Waals surface area contributed by atoms with Gasteiger partial charge in [-0.15, -0.1) is 11.8 Å². The molecular formula is C25H20N2O4S. The highest BCUT2D eigenvalue weighted by Gasteiger charge is 2.40. The summed E-state index contributed by atoms with van der Waals surface area (Å²) in [5.74, 6) is -0.283. The standard InChI is InChI=1S/C25H20N2O4S/c1-16-8-13-21(17(2)14-16)26-24(28)22(19-9-11-20(12-10-19)27(30)31)23(25(26)29)32-15-18-6-4-3-5-7-18/h3-14H,15H2,1-2H3. The normalized spacial score (nSPS) is 13.8. The Kier molecular flexibility index (Phi) is 5.92. The number of hydrogen-bond acceptors (Lipinski definition) is 5. The van der Waals surface area contributed by atoms with Crippen LogP contribution < -0.4 is 4.90 Å². The fourth-order valence-electron chi connectivity index (χ4n) is 3.65. The Morgan fingerprint density at radius 2 is 1.59 bits per heavy atom. The minimum absolute atomic E-state index is 0.0733. The van der Waals surface area contributed by atoms with Crippen LogP contribution in [0.1, 0.15) is 22.3 Å². The van der Waals surface area contributed by atoms with Gasteiger partial charge in [0.2, 0.25) is 0 Å². The van der Waals surface area contributed by atoms with Crippen LogP contribution in [0, 0.1) is 24.0 Å². The topological polar surface area (TPSA) is 80.5 Å². The zero-order valence-corrected chi connectivity index (χ0v) is 18.4. The fourth-order valence-corrected chi connectivity index (χ4v) is 4.72. The molecule has 1 aliphatic rings. The van der Waals surface area contributed by atoms with Crippen molar-refractivity contribution >= 4 is 40.5 Å². The van der Waals surface area contributed by atoms with Gasteiger partial charge in [0.1, 0.15) is 0 Å². The minimum Gasteiger partial charge on any atom is -0.268 e. The second-order valence-corrected chi connectivity index (χ2v) is 8.50. The lowest BCUT2D eigenvalue weighted by molar-refractivity contribution is -0.384. The minimum atomic E-state index is -0.493. The summed E-state index contributed by atoms with van der Waals surface area (Å²) in [6, 6.07) is 21.0. The molecule has 0 fully saturated rings. The molecule has 3 aromatic carbocycles. The molecule has 0 aliphatic carbocycles. The summed E-state index contributed by atoms with van der Waals surface area (Å²) >= 11 is 1.30. The zero-order chi connectivity index (χ0) is 22.8. The maximum absolute atomic E-state index is 13.5. The van der Waals surface area contributed by atoms with E-state index in [0.717, 1.165) is 16.7 Å². The van der Waals surface area contributed by atoms with Crippen molar-refractivity contribution in [2.45, 2.75) is 19.6 Å². The monoisotopic (exact) mass is 444 g/mol. The third-order valence-electron chi connectivity index (χ3n) is 5.23. The van der Waals surface area contributed by atoms with Crippen LogP contribution in [0.5, 0.6) is 0 Å². The van der Waals surface area contributed by atoms with Crippen LogP contribution >= 0.6 is 11.8 Å². The molecule has 0 saturated carbocycles. The molecular weight excluding hydrogens is 424 g/mol. The van der Waals surface area contributed by atoms with E-state index < -0.39 is 10.8 Å². The van der Waals surface area contributed by atoms with Crippen molar-refractivity contribution in [1.29, 1.82) is 0 Å². The van der Waals surface area contributed by atoms with E-state index in [4.69, 9.17) is 0 Å². The molecule has 1 aliphatic heterocycles. The van der Waals surface area contributed by atoms with Crippen molar-refractivity contribution in [3.05, 3.63) is 110 Å². The van der Waals surface area contributed by atoms with Crippen molar-refractivity contribution in [2.24, 2.45) is 0 Å². The van der Waals surface area contributed by atoms with Crippen LogP contribution in [-0.4, -0.2) is 16.7 Å². The third kappa shape index (κ3) is 4.07. The van der Waals surface area contributed by atoms with Crippen LogP contribution in [-0.2, 0) is 15.3 Å². The van der Waals surface area contributed by atoms with Gasteiger partial charge in [-0.05, 0) is 48.7 Å². The van der Waals surface area contributed by atoms with Gasteiger partial charge in [-0.3, -0.25) is 19.7 Å². The number of non-ortho nitro benzene ring substituents is 1. The molecule has 0 unspecified atom stereocenters. The average molecular weight is 445 g/mol. The molecule has 2 amide bonds. The molecule has 0 spiro atoms. The van der Waals surface area contributed by atoms with Crippen molar-refractivity contribution in [3.8, 4) is 0 Å². The van der Waals surface area contributed by atoms with Gasteiger partial charge in [-0.2, -0.15) is 0 Å². The van der Waals surface area contributed by atoms with Crippen molar-refractivity contribution < 1.29 is 14.5 Å². The van der Waals surface area contributed by atoms with Gasteiger partial charge >= 0.3 is 0 Å². The number of thioether (sulfide) groups is 1. The van der Waals surface area contributed by atoms with Crippen LogP contribution in [0.3, 0.4) is 0 Å². The molecule has 3 aromatic rings. The quantitative estimate of drug-likeness (QED) is 0.288. The van der Waals surface area contributed by atoms with Gasteiger partial charge in [-0.1, -0.05) is 48.0 Å². The van der Waals surface area contributed by atoms with Crippen molar-refractivity contribution in [1.82, 2.24) is 0 Å². The van der Waals surface area contributed by atoms with Crippen molar-refractivity contribution in [2.75, 3.05) is 4.90 Å². The number of benzene rings is 3. The Morgan fingerprint density at radius 1 is 0.906 bits per heavy atom. The first-order valence-electron chi connectivity index (χ1n) is 9.98. The lowest BCUT2D eigenvalue weighted by Crippen LogP contribution is -2.32. The van der Waals surface area contributed by atoms with E-state index in [2.05, 4.69) is 0 Å². The second-order valence-electron chi connectivity index (χ2n) is 7.52. The maximum Gasteiger partial charge on any atom is 0.272 e. The number of carbonyl (C=O) groups excluding carboxylic acids is 2. The molecule has 0 aromatic heterocycles. The fraction of sp³-hybridized carbons (Fsp3) is 0.120. The van der Waals surface area contributed by atoms with Crippen LogP contribution in [0.4, 0.5) is 11.4 Å². The Bertz CT molecular complexity index is 1250. The number of rotatable bonds is 6. The van der Waals surface area contributed by atoms with E-state index in [-0.39, 0.29) is 17.2 Å². The average Bonchev–Trinajstić information content (AvgIpc) is 3.02. The van der Waals surface area contributed by atoms with Crippen molar-refractivity contribution in [3.63, 3.8) is 0 Å². The Balaban J connectivity index is 1.77. The number of carbonyl (C=O) groups is 2. The molecule has 7 heteroatoms. The maximum atomic E-state index is 13.5. The highest BCUT2D eigenvalue weighted by molar-refractivity contribution is 8.03. The summed E-state index contributed by atoms with van der Waals surface area (Å²) in [5.41, 5.74) is 4.11. The van der Waals surface area contributed by atoms with E-state index in [1.54, 1.807) is 6.07 Å². The lowest BCUT2D eigenvalue weighted by Gasteiger charge is -2.18. The molecule has 0 saturated heterocycles. The van der Waals surface area contributed by atoms with Gasteiger partial charge in [0.05, 0.1) is 21.1 Å². The third-order valence-corrected chi connectivity index (χ3v) is 6.37. The number of hydrogen-bond donors (Lipinski definition) is 0. The number of amides is 2. The molecule has 160 valence electrons. The summed E-state index contributed by atoms with van der Waals surface area (Å²) in [4.78, 5) is 39.0. The van der Waals surface area contributed by atoms with E-state index in [1.165, 1.54) is 40.9 Å². The number of nitro groups is 1. The second kappa shape index (κ2) is 8.80. The molecule has 0 radical (unpaired) electrons. The van der Waals surface area contributed by atoms with E-state index in [0.29, 0.717) is 21.9 Å². The number of anilines is 1. The Labute approximate surface area is 189 Å². The summed E-state index contributed by atoms with van der Waals surface area (Å²) < 4.78 is 0. The molecule has 0 bridgehead atoms. The molecule has 4 rings (SSSR count). The van der Waals surface area contributed by atoms with E-state index in [9.17, 15) is 19.7 Å². The predicted molar refractivity (Wildman–Crippen MR) is 126 cm³/mol. The van der Waals surface area contributed by atoms with Crippen LogP contribution in [0.15, 0.2) is 77.7 Å². The first-order valence-corrected chi connectivity index (χ1v) is 11.0. The molecule has 32 heavy (non-hydrogen) atoms. The molecule has 6 nitrogen and oxygen atoms in total. The lowest BCUT2D eigenvalue weighted by atomic mass is 10.1. The molecule has 0 atom stereocenters. The summed E-state index contributed by atoms with van der Waals surface area (Å²) in [5, 5.41) is 11.0. The summed E-state index contributed by atoms with van der Waals surface area (Å²) in [7, 11) is 0. The van der Waals surface area contributed by atoms with Gasteiger partial charge < -0.3 is 0 Å². The summed E-state index contributed by atoms with van der Waals surface area (Å²) in [6.07, 6.45) is 0. The Morgan fingerprint density at radius 3 is 2.22 bits per heavy atom. The van der Waals surface area contributed by atoms with Gasteiger partial charge in [0.15, 0.2) is 0 Å². The Hall–Kier alpha value is -3.71. The van der Waals surface area contributed by atoms with Crippen LogP contribution in [0.25, 0.3) is 5.57 Å². The predicted octanol–water partition coefficient (Wildman–Crippen LogP) is 5.43. The van der Waals surface area contributed by atoms with E-state index >= 15 is 0 Å². The smallest absolute Gasteiger partial charge is 0.268 e. The number of nitro benzene ring substituents is 1. The summed E-state index contributed by atoms with van der Waals surface area (Å²) in [6.45, 7) is 3.82. The molecule has 1 heterocycles. The number of nitrogens with zero attached hydrogens (tertiary/aromatic N) is 2. The SMILES string of the molecule is Cc1ccc(N2C(=O)C(SCc3ccccc3)=C(c3ccc([N+](=O)[O-])cc3)C2=O)c(C)c1. The highest BCUT2D eigenvalue weighted by Crippen LogP contribution is 2.40. The van der Waals surface area contributed by atoms with Gasteiger partial charge in [-0.25, -0.2) is 4.90 Å². The van der Waals surface area contributed by atoms with Gasteiger partial charge in [0, 0.05) is 17.9 Å². The van der Waals surface area contributed by atoms with E-state index in [1.807, 2.05) is 56.3 Å². The highest BCUT2D eigenvalue weighted by atomic mass is 32.2.